The van der Waals surface area contributed by atoms with Crippen molar-refractivity contribution in [1.82, 2.24) is 20.1 Å². The van der Waals surface area contributed by atoms with Gasteiger partial charge in [-0.15, -0.1) is 11.3 Å². The number of amides is 2. The first-order valence-corrected chi connectivity index (χ1v) is 11.2. The number of carbonyl (C=O) groups excluding carboxylic acids is 2. The molecule has 1 unspecified atom stereocenters. The summed E-state index contributed by atoms with van der Waals surface area (Å²) in [6, 6.07) is 8.54. The molecule has 1 aliphatic heterocycles. The highest BCUT2D eigenvalue weighted by Crippen LogP contribution is 2.29. The van der Waals surface area contributed by atoms with Crippen molar-refractivity contribution < 1.29 is 9.59 Å². The van der Waals surface area contributed by atoms with Crippen LogP contribution in [0.1, 0.15) is 40.7 Å². The van der Waals surface area contributed by atoms with Crippen molar-refractivity contribution in [3.05, 3.63) is 51.5 Å². The van der Waals surface area contributed by atoms with E-state index in [-0.39, 0.29) is 17.9 Å². The molecule has 1 aromatic carbocycles. The summed E-state index contributed by atoms with van der Waals surface area (Å²) in [7, 11) is 0. The van der Waals surface area contributed by atoms with Crippen molar-refractivity contribution in [3.8, 4) is 0 Å². The summed E-state index contributed by atoms with van der Waals surface area (Å²) in [6.07, 6.45) is 3.59. The third-order valence-electron chi connectivity index (χ3n) is 5.77. The molecule has 1 fully saturated rings. The number of fused-ring (bicyclic) bond motifs is 1. The van der Waals surface area contributed by atoms with E-state index in [1.807, 2.05) is 23.3 Å². The van der Waals surface area contributed by atoms with Crippen LogP contribution in [0.15, 0.2) is 29.6 Å². The van der Waals surface area contributed by atoms with E-state index in [1.165, 1.54) is 11.1 Å². The quantitative estimate of drug-likeness (QED) is 0.819. The average Bonchev–Trinajstić information content (AvgIpc) is 3.13. The molecule has 1 atom stereocenters. The van der Waals surface area contributed by atoms with Crippen molar-refractivity contribution in [3.63, 3.8) is 0 Å². The Morgan fingerprint density at radius 2 is 2.00 bits per heavy atom. The van der Waals surface area contributed by atoms with E-state index >= 15 is 0 Å². The molecule has 1 aromatic heterocycles. The lowest BCUT2D eigenvalue weighted by atomic mass is 9.88. The van der Waals surface area contributed by atoms with E-state index in [4.69, 9.17) is 0 Å². The van der Waals surface area contributed by atoms with E-state index in [0.29, 0.717) is 26.1 Å². The number of nitrogens with zero attached hydrogens (tertiary/aromatic N) is 3. The van der Waals surface area contributed by atoms with Crippen molar-refractivity contribution in [2.24, 2.45) is 0 Å². The Bertz CT molecular complexity index is 873. The van der Waals surface area contributed by atoms with Gasteiger partial charge in [-0.05, 0) is 37.3 Å². The first-order valence-electron chi connectivity index (χ1n) is 10.4. The predicted molar refractivity (Wildman–Crippen MR) is 114 cm³/mol. The second-order valence-electron chi connectivity index (χ2n) is 7.93. The Labute approximate surface area is 175 Å². The molecule has 2 aliphatic rings. The summed E-state index contributed by atoms with van der Waals surface area (Å²) in [4.78, 5) is 33.5. The first kappa shape index (κ1) is 20.0. The van der Waals surface area contributed by atoms with Crippen LogP contribution in [0.4, 0.5) is 0 Å². The largest absolute Gasteiger partial charge is 0.348 e. The van der Waals surface area contributed by atoms with E-state index in [2.05, 4.69) is 33.4 Å². The fourth-order valence-electron chi connectivity index (χ4n) is 4.23. The number of hydrogen-bond acceptors (Lipinski definition) is 5. The number of nitrogens with one attached hydrogen (secondary N) is 1. The van der Waals surface area contributed by atoms with Gasteiger partial charge in [0.25, 0.3) is 0 Å². The predicted octanol–water partition coefficient (Wildman–Crippen LogP) is 2.33. The monoisotopic (exact) mass is 412 g/mol. The third-order valence-corrected chi connectivity index (χ3v) is 6.73. The van der Waals surface area contributed by atoms with Gasteiger partial charge in [0, 0.05) is 37.3 Å². The minimum atomic E-state index is 0.0738. The Morgan fingerprint density at radius 3 is 2.76 bits per heavy atom. The highest BCUT2D eigenvalue weighted by atomic mass is 32.1. The zero-order valence-corrected chi connectivity index (χ0v) is 17.7. The van der Waals surface area contributed by atoms with E-state index in [9.17, 15) is 9.59 Å². The van der Waals surface area contributed by atoms with Gasteiger partial charge < -0.3 is 10.2 Å². The molecular formula is C22H28N4O2S. The molecule has 2 heterocycles. The van der Waals surface area contributed by atoms with Crippen LogP contribution in [0.25, 0.3) is 0 Å². The van der Waals surface area contributed by atoms with E-state index in [1.54, 1.807) is 11.3 Å². The minimum absolute atomic E-state index is 0.0738. The number of carbonyl (C=O) groups is 2. The lowest BCUT2D eigenvalue weighted by Gasteiger charge is -2.35. The average molecular weight is 413 g/mol. The minimum Gasteiger partial charge on any atom is -0.348 e. The number of aryl methyl sites for hydroxylation is 2. The summed E-state index contributed by atoms with van der Waals surface area (Å²) in [5.41, 5.74) is 3.58. The maximum atomic E-state index is 12.6. The molecule has 2 amide bonds. The van der Waals surface area contributed by atoms with Crippen LogP contribution in [0.5, 0.6) is 0 Å². The first-order chi connectivity index (χ1) is 14.1. The lowest BCUT2D eigenvalue weighted by Crippen LogP contribution is -2.51. The van der Waals surface area contributed by atoms with Crippen molar-refractivity contribution >= 4 is 23.2 Å². The van der Waals surface area contributed by atoms with Crippen LogP contribution < -0.4 is 5.32 Å². The van der Waals surface area contributed by atoms with Crippen LogP contribution >= 0.6 is 11.3 Å². The molecule has 1 saturated heterocycles. The van der Waals surface area contributed by atoms with Crippen molar-refractivity contribution in [2.45, 2.75) is 38.6 Å². The van der Waals surface area contributed by atoms with Gasteiger partial charge in [-0.25, -0.2) is 4.98 Å². The summed E-state index contributed by atoms with van der Waals surface area (Å²) in [5, 5.41) is 6.08. The number of hydrogen-bond donors (Lipinski definition) is 1. The molecule has 7 heteroatoms. The molecule has 4 rings (SSSR count). The summed E-state index contributed by atoms with van der Waals surface area (Å²) in [5.74, 6) is 0.201. The number of thiazole rings is 1. The molecule has 1 aliphatic carbocycles. The van der Waals surface area contributed by atoms with Gasteiger partial charge in [0.1, 0.15) is 5.01 Å². The van der Waals surface area contributed by atoms with Gasteiger partial charge in [-0.1, -0.05) is 24.3 Å². The molecule has 1 N–H and O–H groups in total. The van der Waals surface area contributed by atoms with Crippen LogP contribution in [0.3, 0.4) is 0 Å². The lowest BCUT2D eigenvalue weighted by molar-refractivity contribution is -0.132. The van der Waals surface area contributed by atoms with Crippen LogP contribution in [-0.4, -0.2) is 59.3 Å². The van der Waals surface area contributed by atoms with Crippen molar-refractivity contribution in [2.75, 3.05) is 32.7 Å². The van der Waals surface area contributed by atoms with Crippen LogP contribution in [0, 0.1) is 6.92 Å². The second-order valence-corrected chi connectivity index (χ2v) is 8.87. The fourth-order valence-corrected chi connectivity index (χ4v) is 4.99. The molecule has 154 valence electrons. The fraction of sp³-hybridized carbons (Fsp3) is 0.500. The maximum Gasteiger partial charge on any atom is 0.234 e. The molecule has 29 heavy (non-hydrogen) atoms. The van der Waals surface area contributed by atoms with Crippen LogP contribution in [0.2, 0.25) is 0 Å². The maximum absolute atomic E-state index is 12.6. The van der Waals surface area contributed by atoms with Gasteiger partial charge in [0.2, 0.25) is 11.8 Å². The summed E-state index contributed by atoms with van der Waals surface area (Å²) < 4.78 is 0. The normalized spacial score (nSPS) is 19.6. The Morgan fingerprint density at radius 1 is 1.21 bits per heavy atom. The zero-order valence-electron chi connectivity index (χ0n) is 16.9. The van der Waals surface area contributed by atoms with Crippen LogP contribution in [-0.2, 0) is 22.4 Å². The summed E-state index contributed by atoms with van der Waals surface area (Å²) in [6.45, 7) is 5.15. The van der Waals surface area contributed by atoms with E-state index in [0.717, 1.165) is 43.1 Å². The Hall–Kier alpha value is -2.25. The Kier molecular flexibility index (Phi) is 6.25. The van der Waals surface area contributed by atoms with Gasteiger partial charge in [-0.3, -0.25) is 14.5 Å². The molecule has 0 bridgehead atoms. The SMILES string of the molecule is Cc1csc(CC(=O)N2CCN(CC(=O)NC3CCCc4ccccc43)CC2)n1. The topological polar surface area (TPSA) is 65.5 Å². The standard InChI is InChI=1S/C22H28N4O2S/c1-16-15-29-21(23-16)13-22(28)26-11-9-25(10-12-26)14-20(27)24-19-8-4-6-17-5-2-3-7-18(17)19/h2-3,5,7,15,19H,4,6,8-14H2,1H3,(H,24,27). The molecule has 2 aromatic rings. The Balaban J connectivity index is 1.23. The number of rotatable bonds is 5. The summed E-state index contributed by atoms with van der Waals surface area (Å²) >= 11 is 1.54. The van der Waals surface area contributed by atoms with E-state index < -0.39 is 0 Å². The third kappa shape index (κ3) is 5.03. The van der Waals surface area contributed by atoms with Gasteiger partial charge >= 0.3 is 0 Å². The smallest absolute Gasteiger partial charge is 0.234 e. The highest BCUT2D eigenvalue weighted by Gasteiger charge is 2.25. The number of benzene rings is 1. The van der Waals surface area contributed by atoms with Gasteiger partial charge in [-0.2, -0.15) is 0 Å². The second kappa shape index (κ2) is 9.05. The highest BCUT2D eigenvalue weighted by molar-refractivity contribution is 7.09. The molecule has 0 radical (unpaired) electrons. The van der Waals surface area contributed by atoms with Gasteiger partial charge in [0.05, 0.1) is 19.0 Å². The zero-order chi connectivity index (χ0) is 20.2. The molecule has 6 nitrogen and oxygen atoms in total. The molecule has 0 spiro atoms. The molecular weight excluding hydrogens is 384 g/mol. The van der Waals surface area contributed by atoms with Gasteiger partial charge in [0.15, 0.2) is 0 Å². The number of aromatic nitrogens is 1. The molecule has 0 saturated carbocycles. The van der Waals surface area contributed by atoms with Crippen molar-refractivity contribution in [1.29, 1.82) is 0 Å². The number of piperazine rings is 1.